The molecule has 1 rings (SSSR count). The van der Waals surface area contributed by atoms with E-state index in [-0.39, 0.29) is 0 Å². The van der Waals surface area contributed by atoms with Gasteiger partial charge in [0.15, 0.2) is 8.24 Å². The molecule has 0 saturated heterocycles. The van der Waals surface area contributed by atoms with Gasteiger partial charge in [-0.15, -0.1) is 10.2 Å². The van der Waals surface area contributed by atoms with E-state index in [9.17, 15) is 0 Å². The van der Waals surface area contributed by atoms with Crippen LogP contribution in [0, 0.1) is 13.8 Å². The Morgan fingerprint density at radius 1 is 0.929 bits per heavy atom. The Bertz CT molecular complexity index is 275. The fourth-order valence-corrected chi connectivity index (χ4v) is 6.29. The molecule has 0 aliphatic rings. The second-order valence-corrected chi connectivity index (χ2v) is 8.93. The molecule has 0 amide bonds. The van der Waals surface area contributed by atoms with E-state index in [1.54, 1.807) is 0 Å². The first kappa shape index (κ1) is 11.4. The number of rotatable bonds is 4. The van der Waals surface area contributed by atoms with Crippen molar-refractivity contribution in [3.63, 3.8) is 0 Å². The van der Waals surface area contributed by atoms with Gasteiger partial charge < -0.3 is 4.23 Å². The summed E-state index contributed by atoms with van der Waals surface area (Å²) in [6, 6.07) is 3.83. The summed E-state index contributed by atoms with van der Waals surface area (Å²) in [5.74, 6) is 2.19. The van der Waals surface area contributed by atoms with Gasteiger partial charge in [0.25, 0.3) is 0 Å². The van der Waals surface area contributed by atoms with Crippen LogP contribution >= 0.6 is 0 Å². The molecular formula is C10H21N3Si. The van der Waals surface area contributed by atoms with Gasteiger partial charge in [-0.05, 0) is 32.0 Å². The average molecular weight is 211 g/mol. The van der Waals surface area contributed by atoms with Crippen molar-refractivity contribution in [3.8, 4) is 0 Å². The average Bonchev–Trinajstić information content (AvgIpc) is 2.53. The smallest absolute Gasteiger partial charge is 0.164 e. The largest absolute Gasteiger partial charge is 0.343 e. The highest BCUT2D eigenvalue weighted by Crippen LogP contribution is 2.24. The second kappa shape index (κ2) is 4.25. The Morgan fingerprint density at radius 3 is 1.57 bits per heavy atom. The summed E-state index contributed by atoms with van der Waals surface area (Å²) in [7, 11) is -1.34. The monoisotopic (exact) mass is 211 g/mol. The van der Waals surface area contributed by atoms with Crippen molar-refractivity contribution in [1.29, 1.82) is 0 Å². The van der Waals surface area contributed by atoms with E-state index in [1.807, 2.05) is 0 Å². The summed E-state index contributed by atoms with van der Waals surface area (Å²) in [5, 5.41) is 8.35. The first-order chi connectivity index (χ1) is 6.61. The molecule has 80 valence electrons. The van der Waals surface area contributed by atoms with E-state index >= 15 is 0 Å². The van der Waals surface area contributed by atoms with Crippen LogP contribution in [0.15, 0.2) is 0 Å². The lowest BCUT2D eigenvalue weighted by molar-refractivity contribution is 0.924. The molecule has 0 spiro atoms. The molecule has 3 nitrogen and oxygen atoms in total. The molecule has 0 aliphatic heterocycles. The lowest BCUT2D eigenvalue weighted by Gasteiger charge is -2.31. The van der Waals surface area contributed by atoms with Crippen LogP contribution in [-0.4, -0.2) is 22.7 Å². The Kier molecular flexibility index (Phi) is 3.47. The minimum atomic E-state index is -1.34. The Hall–Kier alpha value is -0.643. The zero-order valence-corrected chi connectivity index (χ0v) is 11.0. The fraction of sp³-hybridized carbons (Fsp3) is 0.800. The summed E-state index contributed by atoms with van der Waals surface area (Å²) in [4.78, 5) is 0. The topological polar surface area (TPSA) is 30.7 Å². The SMILES string of the molecule is CC[Si](CC)(CC)n1c(C)nnc1C. The molecule has 0 radical (unpaired) electrons. The van der Waals surface area contributed by atoms with Crippen molar-refractivity contribution in [2.24, 2.45) is 0 Å². The van der Waals surface area contributed by atoms with Gasteiger partial charge in [-0.2, -0.15) is 0 Å². The molecule has 0 aliphatic carbocycles. The minimum absolute atomic E-state index is 1.10. The third-order valence-electron chi connectivity index (χ3n) is 3.44. The van der Waals surface area contributed by atoms with Crippen LogP contribution < -0.4 is 0 Å². The number of hydrogen-bond donors (Lipinski definition) is 0. The summed E-state index contributed by atoms with van der Waals surface area (Å²) in [5.41, 5.74) is 0. The fourth-order valence-electron chi connectivity index (χ4n) is 2.38. The lowest BCUT2D eigenvalue weighted by Crippen LogP contribution is -2.42. The van der Waals surface area contributed by atoms with Gasteiger partial charge in [0.05, 0.1) is 0 Å². The van der Waals surface area contributed by atoms with Crippen molar-refractivity contribution < 1.29 is 0 Å². The molecule has 0 N–H and O–H groups in total. The standard InChI is InChI=1S/C10H21N3Si/c1-6-14(7-2,8-3)13-9(4)11-12-10(13)5/h6-8H2,1-5H3. The second-order valence-electron chi connectivity index (χ2n) is 3.91. The lowest BCUT2D eigenvalue weighted by atomic mass is 10.7. The number of hydrogen-bond acceptors (Lipinski definition) is 2. The molecule has 0 aromatic carbocycles. The maximum absolute atomic E-state index is 4.17. The zero-order chi connectivity index (χ0) is 10.8. The van der Waals surface area contributed by atoms with Crippen LogP contribution in [-0.2, 0) is 0 Å². The highest BCUT2D eigenvalue weighted by molar-refractivity contribution is 6.78. The van der Waals surface area contributed by atoms with Gasteiger partial charge in [-0.25, -0.2) is 0 Å². The van der Waals surface area contributed by atoms with Crippen LogP contribution in [0.5, 0.6) is 0 Å². The van der Waals surface area contributed by atoms with E-state index in [0.29, 0.717) is 0 Å². The summed E-state index contributed by atoms with van der Waals surface area (Å²) < 4.78 is 2.44. The molecule has 1 aromatic rings. The Morgan fingerprint density at radius 2 is 1.29 bits per heavy atom. The summed E-state index contributed by atoms with van der Waals surface area (Å²) in [6.45, 7) is 11.1. The molecule has 0 bridgehead atoms. The van der Waals surface area contributed by atoms with Gasteiger partial charge in [-0.3, -0.25) is 0 Å². The highest BCUT2D eigenvalue weighted by Gasteiger charge is 2.32. The number of aryl methyl sites for hydroxylation is 2. The molecule has 4 heteroatoms. The third-order valence-corrected chi connectivity index (χ3v) is 8.98. The molecule has 1 aromatic heterocycles. The highest BCUT2D eigenvalue weighted by atomic mass is 28.3. The summed E-state index contributed by atoms with van der Waals surface area (Å²) >= 11 is 0. The molecule has 0 fully saturated rings. The maximum Gasteiger partial charge on any atom is 0.164 e. The van der Waals surface area contributed by atoms with Crippen LogP contribution in [0.25, 0.3) is 0 Å². The van der Waals surface area contributed by atoms with Gasteiger partial charge in [0, 0.05) is 0 Å². The predicted octanol–water partition coefficient (Wildman–Crippen LogP) is 2.75. The van der Waals surface area contributed by atoms with Gasteiger partial charge in [0.2, 0.25) is 0 Å². The number of aromatic nitrogens is 3. The van der Waals surface area contributed by atoms with Crippen LogP contribution in [0.4, 0.5) is 0 Å². The molecule has 0 saturated carbocycles. The molecule has 14 heavy (non-hydrogen) atoms. The van der Waals surface area contributed by atoms with E-state index in [1.165, 1.54) is 18.1 Å². The van der Waals surface area contributed by atoms with E-state index in [2.05, 4.69) is 49.0 Å². The van der Waals surface area contributed by atoms with Crippen molar-refractivity contribution in [3.05, 3.63) is 11.6 Å². The van der Waals surface area contributed by atoms with Crippen molar-refractivity contribution in [2.75, 3.05) is 0 Å². The predicted molar refractivity (Wildman–Crippen MR) is 62.1 cm³/mol. The zero-order valence-electron chi connectivity index (χ0n) is 9.96. The van der Waals surface area contributed by atoms with Crippen molar-refractivity contribution >= 4 is 8.24 Å². The van der Waals surface area contributed by atoms with Crippen LogP contribution in [0.1, 0.15) is 32.4 Å². The first-order valence-electron chi connectivity index (χ1n) is 5.50. The Balaban J connectivity index is 3.23. The quantitative estimate of drug-likeness (QED) is 0.717. The van der Waals surface area contributed by atoms with Crippen LogP contribution in [0.3, 0.4) is 0 Å². The van der Waals surface area contributed by atoms with Gasteiger partial charge in [0.1, 0.15) is 11.6 Å². The van der Waals surface area contributed by atoms with Gasteiger partial charge >= 0.3 is 0 Å². The van der Waals surface area contributed by atoms with E-state index < -0.39 is 8.24 Å². The van der Waals surface area contributed by atoms with E-state index in [4.69, 9.17) is 0 Å². The maximum atomic E-state index is 4.17. The van der Waals surface area contributed by atoms with Crippen molar-refractivity contribution in [2.45, 2.75) is 52.8 Å². The van der Waals surface area contributed by atoms with E-state index in [0.717, 1.165) is 11.6 Å². The number of nitrogens with zero attached hydrogens (tertiary/aromatic N) is 3. The summed E-state index contributed by atoms with van der Waals surface area (Å²) in [6.07, 6.45) is 0. The molecule has 1 heterocycles. The normalized spacial score (nSPS) is 12.1. The third kappa shape index (κ3) is 1.63. The minimum Gasteiger partial charge on any atom is -0.343 e. The van der Waals surface area contributed by atoms with Crippen molar-refractivity contribution in [1.82, 2.24) is 14.4 Å². The Labute approximate surface area is 87.6 Å². The van der Waals surface area contributed by atoms with Crippen LogP contribution in [0.2, 0.25) is 18.1 Å². The molecule has 0 atom stereocenters. The molecule has 0 unspecified atom stereocenters. The van der Waals surface area contributed by atoms with Gasteiger partial charge in [-0.1, -0.05) is 20.8 Å². The first-order valence-corrected chi connectivity index (χ1v) is 8.07. The molecular weight excluding hydrogens is 190 g/mol.